The van der Waals surface area contributed by atoms with Gasteiger partial charge in [-0.25, -0.2) is 20.4 Å². The van der Waals surface area contributed by atoms with Gasteiger partial charge in [0.05, 0.1) is 0 Å². The van der Waals surface area contributed by atoms with Gasteiger partial charge in [-0.15, -0.1) is 23.2 Å². The second-order valence-electron chi connectivity index (χ2n) is 3.55. The maximum Gasteiger partial charge on any atom is 0.333 e. The van der Waals surface area contributed by atoms with Gasteiger partial charge in [-0.05, 0) is 0 Å². The lowest BCUT2D eigenvalue weighted by molar-refractivity contribution is -0.119. The van der Waals surface area contributed by atoms with E-state index in [1.165, 1.54) is 14.1 Å². The maximum absolute atomic E-state index is 10.7. The molecule has 12 heteroatoms. The van der Waals surface area contributed by atoms with Crippen LogP contribution in [-0.4, -0.2) is 73.8 Å². The van der Waals surface area contributed by atoms with E-state index in [1.807, 2.05) is 0 Å². The molecule has 10 nitrogen and oxygen atoms in total. The van der Waals surface area contributed by atoms with E-state index in [2.05, 4.69) is 21.5 Å². The minimum absolute atomic E-state index is 0.345. The largest absolute Gasteiger partial charge is 0.336 e. The molecule has 0 fully saturated rings. The van der Waals surface area contributed by atoms with Gasteiger partial charge in [0.15, 0.2) is 0 Å². The highest BCUT2D eigenvalue weighted by Gasteiger charge is 2.00. The fourth-order valence-electron chi connectivity index (χ4n) is 0.774. The van der Waals surface area contributed by atoms with Crippen LogP contribution in [0.2, 0.25) is 0 Å². The van der Waals surface area contributed by atoms with Crippen molar-refractivity contribution in [2.45, 2.75) is 0 Å². The summed E-state index contributed by atoms with van der Waals surface area (Å²) in [4.78, 5) is 41.3. The highest BCUT2D eigenvalue weighted by molar-refractivity contribution is 6.18. The highest BCUT2D eigenvalue weighted by atomic mass is 35.5. The van der Waals surface area contributed by atoms with Crippen LogP contribution in [0.25, 0.3) is 0 Å². The third-order valence-corrected chi connectivity index (χ3v) is 2.01. The van der Waals surface area contributed by atoms with Crippen LogP contribution in [0.15, 0.2) is 0 Å². The van der Waals surface area contributed by atoms with Crippen molar-refractivity contribution in [1.29, 1.82) is 0 Å². The van der Waals surface area contributed by atoms with Gasteiger partial charge in [0.25, 0.3) is 0 Å². The summed E-state index contributed by atoms with van der Waals surface area (Å²) in [6, 6.07) is -0.888. The van der Waals surface area contributed by atoms with E-state index in [1.54, 1.807) is 0 Å². The zero-order valence-electron chi connectivity index (χ0n) is 12.3. The van der Waals surface area contributed by atoms with Crippen molar-refractivity contribution in [3.63, 3.8) is 0 Å². The molecule has 128 valence electrons. The van der Waals surface area contributed by atoms with Gasteiger partial charge >= 0.3 is 12.1 Å². The number of rotatable bonds is 8. The predicted molar refractivity (Wildman–Crippen MR) is 82.2 cm³/mol. The molecule has 0 atom stereocenters. The summed E-state index contributed by atoms with van der Waals surface area (Å²) < 4.78 is 0. The van der Waals surface area contributed by atoms with Crippen LogP contribution >= 0.6 is 23.2 Å². The van der Waals surface area contributed by atoms with Gasteiger partial charge in [0, 0.05) is 38.9 Å². The fourth-order valence-corrected chi connectivity index (χ4v) is 0.963. The van der Waals surface area contributed by atoms with E-state index in [-0.39, 0.29) is 0 Å². The third-order valence-electron chi connectivity index (χ3n) is 1.63. The number of carbonyl (C=O) groups excluding carboxylic acids is 4. The molecule has 6 amide bonds. The first-order valence-electron chi connectivity index (χ1n) is 5.98. The molecule has 0 rings (SSSR count). The van der Waals surface area contributed by atoms with Crippen LogP contribution < -0.4 is 21.5 Å². The molecule has 0 heterocycles. The Balaban J connectivity index is 0. The second-order valence-corrected chi connectivity index (χ2v) is 4.30. The smallest absolute Gasteiger partial charge is 0.333 e. The van der Waals surface area contributed by atoms with E-state index in [0.717, 1.165) is 10.0 Å². The highest BCUT2D eigenvalue weighted by Crippen LogP contribution is 1.72. The molecular formula is C10H20Cl2N6O4. The van der Waals surface area contributed by atoms with E-state index in [4.69, 9.17) is 23.2 Å². The first-order valence-corrected chi connectivity index (χ1v) is 7.05. The van der Waals surface area contributed by atoms with Gasteiger partial charge in [0.2, 0.25) is 12.8 Å². The SMILES string of the molecule is CN(C=O)NC(=O)NCCCl.CN(C=O)NC(=O)NCCCl. The van der Waals surface area contributed by atoms with E-state index >= 15 is 0 Å². The fraction of sp³-hybridized carbons (Fsp3) is 0.600. The second kappa shape index (κ2) is 15.4. The number of alkyl halides is 2. The molecule has 0 aliphatic carbocycles. The monoisotopic (exact) mass is 358 g/mol. The van der Waals surface area contributed by atoms with Crippen LogP contribution in [0.3, 0.4) is 0 Å². The lowest BCUT2D eigenvalue weighted by atomic mass is 10.7. The van der Waals surface area contributed by atoms with Gasteiger partial charge in [0.1, 0.15) is 0 Å². The molecule has 0 radical (unpaired) electrons. The summed E-state index contributed by atoms with van der Waals surface area (Å²) in [5.41, 5.74) is 4.44. The van der Waals surface area contributed by atoms with Crippen molar-refractivity contribution in [2.24, 2.45) is 0 Å². The molecular weight excluding hydrogens is 339 g/mol. The molecule has 0 saturated heterocycles. The van der Waals surface area contributed by atoms with Gasteiger partial charge in [-0.3, -0.25) is 19.6 Å². The van der Waals surface area contributed by atoms with Crippen LogP contribution in [0, 0.1) is 0 Å². The van der Waals surface area contributed by atoms with Crippen molar-refractivity contribution in [2.75, 3.05) is 38.9 Å². The number of hydrogen-bond donors (Lipinski definition) is 4. The lowest BCUT2D eigenvalue weighted by Crippen LogP contribution is -2.45. The lowest BCUT2D eigenvalue weighted by Gasteiger charge is -2.12. The maximum atomic E-state index is 10.7. The molecule has 0 saturated carbocycles. The Morgan fingerprint density at radius 2 is 1.18 bits per heavy atom. The number of hydrogen-bond acceptors (Lipinski definition) is 4. The first kappa shape index (κ1) is 22.3. The number of urea groups is 2. The van der Waals surface area contributed by atoms with Crippen molar-refractivity contribution >= 4 is 48.1 Å². The van der Waals surface area contributed by atoms with E-state index < -0.39 is 12.1 Å². The van der Waals surface area contributed by atoms with Crippen LogP contribution in [0.5, 0.6) is 0 Å². The summed E-state index contributed by atoms with van der Waals surface area (Å²) >= 11 is 10.6. The van der Waals surface area contributed by atoms with Crippen LogP contribution in [0.1, 0.15) is 0 Å². The number of nitrogens with zero attached hydrogens (tertiary/aromatic N) is 2. The Labute approximate surface area is 138 Å². The Morgan fingerprint density at radius 3 is 1.41 bits per heavy atom. The average Bonchev–Trinajstić information content (AvgIpc) is 2.51. The summed E-state index contributed by atoms with van der Waals surface area (Å²) in [5.74, 6) is 0.691. The van der Waals surface area contributed by atoms with E-state index in [9.17, 15) is 19.2 Å². The molecule has 0 spiro atoms. The summed E-state index contributed by atoms with van der Waals surface area (Å²) in [7, 11) is 2.85. The normalized spacial score (nSPS) is 8.55. The van der Waals surface area contributed by atoms with Gasteiger partial charge < -0.3 is 10.6 Å². The van der Waals surface area contributed by atoms with Gasteiger partial charge in [-0.1, -0.05) is 0 Å². The number of amides is 6. The van der Waals surface area contributed by atoms with Crippen molar-refractivity contribution in [3.8, 4) is 0 Å². The molecule has 0 unspecified atom stereocenters. The van der Waals surface area contributed by atoms with Crippen LogP contribution in [0.4, 0.5) is 9.59 Å². The molecule has 0 aromatic heterocycles. The number of nitrogens with one attached hydrogen (secondary N) is 4. The topological polar surface area (TPSA) is 123 Å². The quantitative estimate of drug-likeness (QED) is 0.254. The minimum atomic E-state index is -0.444. The number of carbonyl (C=O) groups is 4. The zero-order chi connectivity index (χ0) is 17.4. The van der Waals surface area contributed by atoms with Gasteiger partial charge in [-0.2, -0.15) is 0 Å². The third kappa shape index (κ3) is 16.1. The Hall–Kier alpha value is -1.94. The number of hydrazine groups is 2. The predicted octanol–water partition coefficient (Wildman–Crippen LogP) is -0.945. The Bertz CT molecular complexity index is 315. The van der Waals surface area contributed by atoms with Crippen molar-refractivity contribution in [1.82, 2.24) is 31.5 Å². The molecule has 0 aliphatic heterocycles. The zero-order valence-corrected chi connectivity index (χ0v) is 13.8. The average molecular weight is 359 g/mol. The molecule has 22 heavy (non-hydrogen) atoms. The summed E-state index contributed by atoms with van der Waals surface area (Å²) in [5, 5.41) is 6.84. The summed E-state index contributed by atoms with van der Waals surface area (Å²) in [6.45, 7) is 0.750. The summed E-state index contributed by atoms with van der Waals surface area (Å²) in [6.07, 6.45) is 0.973. The van der Waals surface area contributed by atoms with E-state index in [0.29, 0.717) is 37.7 Å². The molecule has 4 N–H and O–H groups in total. The Kier molecular flexibility index (Phi) is 15.7. The van der Waals surface area contributed by atoms with Crippen LogP contribution in [-0.2, 0) is 9.59 Å². The standard InChI is InChI=1S/2C5H10ClN3O2/c2*1-9(4-10)8-5(11)7-3-2-6/h2*4H,2-3H2,1H3,(H2,7,8,11). The first-order chi connectivity index (χ1) is 10.4. The number of halogens is 2. The molecule has 0 aromatic carbocycles. The minimum Gasteiger partial charge on any atom is -0.336 e. The van der Waals surface area contributed by atoms with Crippen molar-refractivity contribution < 1.29 is 19.2 Å². The molecule has 0 aliphatic rings. The molecule has 0 aromatic rings. The van der Waals surface area contributed by atoms with Crippen molar-refractivity contribution in [3.05, 3.63) is 0 Å². The molecule has 0 bridgehead atoms. The Morgan fingerprint density at radius 1 is 0.864 bits per heavy atom.